The Kier molecular flexibility index (Phi) is 5.09. The monoisotopic (exact) mass is 455 g/mol. The number of halogens is 1. The molecule has 0 amide bonds. The second kappa shape index (κ2) is 7.84. The van der Waals surface area contributed by atoms with Gasteiger partial charge in [-0.3, -0.25) is 4.79 Å². The van der Waals surface area contributed by atoms with E-state index in [1.165, 1.54) is 0 Å². The first-order valence-corrected chi connectivity index (χ1v) is 9.31. The van der Waals surface area contributed by atoms with E-state index in [-0.39, 0.29) is 23.6 Å². The largest absolute Gasteiger partial charge is 0.477 e. The molecular weight excluding hydrogens is 442 g/mol. The number of hydrogen-bond acceptors (Lipinski definition) is 6. The zero-order valence-electron chi connectivity index (χ0n) is 14.9. The summed E-state index contributed by atoms with van der Waals surface area (Å²) < 4.78 is 8.30. The summed E-state index contributed by atoms with van der Waals surface area (Å²) in [6.45, 7) is 0.678. The van der Waals surface area contributed by atoms with E-state index in [0.717, 1.165) is 16.2 Å². The number of aromatic carboxylic acids is 1. The van der Waals surface area contributed by atoms with Gasteiger partial charge in [-0.25, -0.2) is 14.5 Å². The minimum Gasteiger partial charge on any atom is -0.477 e. The Bertz CT molecular complexity index is 1250. The highest BCUT2D eigenvalue weighted by atomic mass is 79.9. The quantitative estimate of drug-likeness (QED) is 0.457. The van der Waals surface area contributed by atoms with E-state index in [2.05, 4.69) is 36.2 Å². The minimum atomic E-state index is -1.32. The lowest BCUT2D eigenvalue weighted by atomic mass is 10.2. The van der Waals surface area contributed by atoms with Crippen molar-refractivity contribution >= 4 is 32.9 Å². The molecule has 4 aromatic rings. The van der Waals surface area contributed by atoms with Crippen LogP contribution in [0.1, 0.15) is 21.6 Å². The van der Waals surface area contributed by atoms with Gasteiger partial charge in [0.1, 0.15) is 23.4 Å². The second-order valence-electron chi connectivity index (χ2n) is 6.20. The molecule has 1 aromatic carbocycles. The molecule has 10 heteroatoms. The fourth-order valence-corrected chi connectivity index (χ4v) is 2.98. The van der Waals surface area contributed by atoms with E-state index >= 15 is 0 Å². The molecule has 0 atom stereocenters. The van der Waals surface area contributed by atoms with Crippen LogP contribution in [-0.2, 0) is 13.2 Å². The summed E-state index contributed by atoms with van der Waals surface area (Å²) in [6, 6.07) is 11.1. The van der Waals surface area contributed by atoms with Gasteiger partial charge in [-0.2, -0.15) is 0 Å². The number of fused-ring (bicyclic) bond motifs is 1. The molecule has 3 heterocycles. The number of carboxylic acid groups (broad SMARTS) is 1. The highest BCUT2D eigenvalue weighted by Crippen LogP contribution is 2.14. The number of nitrogens with zero attached hydrogens (tertiary/aromatic N) is 4. The Morgan fingerprint density at radius 1 is 1.21 bits per heavy atom. The van der Waals surface area contributed by atoms with E-state index < -0.39 is 11.4 Å². The molecular formula is C19H14BrN5O4. The number of pyridine rings is 2. The van der Waals surface area contributed by atoms with E-state index in [1.807, 2.05) is 24.3 Å². The molecule has 9 nitrogen and oxygen atoms in total. The number of rotatable bonds is 6. The van der Waals surface area contributed by atoms with Crippen LogP contribution in [-0.4, -0.2) is 36.0 Å². The van der Waals surface area contributed by atoms with Crippen molar-refractivity contribution in [3.8, 4) is 5.88 Å². The van der Waals surface area contributed by atoms with E-state index in [4.69, 9.17) is 9.84 Å². The molecule has 0 radical (unpaired) electrons. The van der Waals surface area contributed by atoms with Gasteiger partial charge in [-0.15, -0.1) is 5.10 Å². The number of carboxylic acids is 1. The Balaban J connectivity index is 1.47. The van der Waals surface area contributed by atoms with Crippen LogP contribution in [0.2, 0.25) is 0 Å². The predicted octanol–water partition coefficient (Wildman–Crippen LogP) is 2.60. The van der Waals surface area contributed by atoms with Crippen LogP contribution in [0.25, 0.3) is 11.0 Å². The molecule has 0 saturated heterocycles. The van der Waals surface area contributed by atoms with Gasteiger partial charge >= 0.3 is 5.97 Å². The number of ether oxygens (including phenoxy) is 1. The molecule has 146 valence electrons. The number of nitrogens with one attached hydrogen (secondary N) is 1. The van der Waals surface area contributed by atoms with Crippen molar-refractivity contribution in [1.82, 2.24) is 25.0 Å². The second-order valence-corrected chi connectivity index (χ2v) is 7.12. The average molecular weight is 456 g/mol. The van der Waals surface area contributed by atoms with Gasteiger partial charge in [-0.05, 0) is 23.8 Å². The fraction of sp³-hybridized carbons (Fsp3) is 0.105. The summed E-state index contributed by atoms with van der Waals surface area (Å²) in [4.78, 5) is 30.2. The van der Waals surface area contributed by atoms with Gasteiger partial charge in [0, 0.05) is 16.7 Å². The van der Waals surface area contributed by atoms with Crippen molar-refractivity contribution in [2.45, 2.75) is 13.2 Å². The summed E-state index contributed by atoms with van der Waals surface area (Å²) in [5.74, 6) is -1.13. The van der Waals surface area contributed by atoms with Crippen molar-refractivity contribution in [2.75, 3.05) is 0 Å². The van der Waals surface area contributed by atoms with Gasteiger partial charge in [0.05, 0.1) is 18.3 Å². The van der Waals surface area contributed by atoms with Crippen LogP contribution in [0.5, 0.6) is 5.88 Å². The van der Waals surface area contributed by atoms with Gasteiger partial charge in [-0.1, -0.05) is 33.3 Å². The molecule has 0 spiro atoms. The molecule has 4 rings (SSSR count). The third kappa shape index (κ3) is 4.16. The number of aromatic nitrogens is 5. The first kappa shape index (κ1) is 18.8. The summed E-state index contributed by atoms with van der Waals surface area (Å²) in [6.07, 6.45) is 2.91. The molecule has 2 N–H and O–H groups in total. The summed E-state index contributed by atoms with van der Waals surface area (Å²) in [5, 5.41) is 17.2. The third-order valence-electron chi connectivity index (χ3n) is 4.14. The molecule has 0 aliphatic carbocycles. The molecule has 3 aromatic heterocycles. The van der Waals surface area contributed by atoms with E-state index in [0.29, 0.717) is 17.8 Å². The zero-order valence-corrected chi connectivity index (χ0v) is 16.5. The summed E-state index contributed by atoms with van der Waals surface area (Å²) in [5.41, 5.74) is 1.05. The SMILES string of the molecule is O=C(O)c1c[nH]c2ccc(OCc3cn(Cc4ccc(Br)cc4)nn3)nc2c1=O. The summed E-state index contributed by atoms with van der Waals surface area (Å²) in [7, 11) is 0. The topological polar surface area (TPSA) is 123 Å². The lowest BCUT2D eigenvalue weighted by molar-refractivity contribution is 0.0695. The van der Waals surface area contributed by atoms with Crippen molar-refractivity contribution in [3.05, 3.63) is 80.3 Å². The summed E-state index contributed by atoms with van der Waals surface area (Å²) >= 11 is 3.40. The maximum atomic E-state index is 12.2. The molecule has 0 aliphatic heterocycles. The Labute approximate surface area is 172 Å². The standard InChI is InChI=1S/C19H14BrN5O4/c20-12-3-1-11(2-4-12)8-25-9-13(23-24-25)10-29-16-6-5-15-17(22-16)18(26)14(7-21-15)19(27)28/h1-7,9H,8,10H2,(H,21,26)(H,27,28). The lowest BCUT2D eigenvalue weighted by Gasteiger charge is -2.05. The molecule has 29 heavy (non-hydrogen) atoms. The van der Waals surface area contributed by atoms with Gasteiger partial charge in [0.15, 0.2) is 0 Å². The molecule has 0 bridgehead atoms. The first-order valence-electron chi connectivity index (χ1n) is 8.51. The molecule has 0 unspecified atom stereocenters. The maximum Gasteiger partial charge on any atom is 0.341 e. The van der Waals surface area contributed by atoms with Crippen LogP contribution < -0.4 is 10.2 Å². The lowest BCUT2D eigenvalue weighted by Crippen LogP contribution is -2.16. The predicted molar refractivity (Wildman–Crippen MR) is 107 cm³/mol. The number of carbonyl (C=O) groups is 1. The highest BCUT2D eigenvalue weighted by molar-refractivity contribution is 9.10. The first-order chi connectivity index (χ1) is 14.0. The molecule has 0 fully saturated rings. The number of H-pyrrole nitrogens is 1. The third-order valence-corrected chi connectivity index (χ3v) is 4.67. The number of aromatic amines is 1. The van der Waals surface area contributed by atoms with E-state index in [9.17, 15) is 9.59 Å². The Morgan fingerprint density at radius 2 is 2.00 bits per heavy atom. The number of benzene rings is 1. The fourth-order valence-electron chi connectivity index (χ4n) is 2.72. The van der Waals surface area contributed by atoms with Crippen LogP contribution in [0.15, 0.2) is 58.1 Å². The number of hydrogen-bond donors (Lipinski definition) is 2. The van der Waals surface area contributed by atoms with Crippen LogP contribution in [0.4, 0.5) is 0 Å². The Hall–Kier alpha value is -3.53. The van der Waals surface area contributed by atoms with Gasteiger partial charge in [0.25, 0.3) is 0 Å². The normalized spacial score (nSPS) is 10.9. The average Bonchev–Trinajstić information content (AvgIpc) is 3.16. The maximum absolute atomic E-state index is 12.2. The van der Waals surface area contributed by atoms with E-state index in [1.54, 1.807) is 23.0 Å². The van der Waals surface area contributed by atoms with Crippen molar-refractivity contribution < 1.29 is 14.6 Å². The molecule has 0 aliphatic rings. The smallest absolute Gasteiger partial charge is 0.341 e. The highest BCUT2D eigenvalue weighted by Gasteiger charge is 2.13. The van der Waals surface area contributed by atoms with Crippen molar-refractivity contribution in [2.24, 2.45) is 0 Å². The van der Waals surface area contributed by atoms with Crippen LogP contribution >= 0.6 is 15.9 Å². The van der Waals surface area contributed by atoms with Crippen molar-refractivity contribution in [1.29, 1.82) is 0 Å². The van der Waals surface area contributed by atoms with Crippen molar-refractivity contribution in [3.63, 3.8) is 0 Å². The minimum absolute atomic E-state index is 0.00120. The van der Waals surface area contributed by atoms with Crippen LogP contribution in [0, 0.1) is 0 Å². The van der Waals surface area contributed by atoms with Gasteiger partial charge < -0.3 is 14.8 Å². The van der Waals surface area contributed by atoms with Gasteiger partial charge in [0.2, 0.25) is 11.3 Å². The van der Waals surface area contributed by atoms with Crippen LogP contribution in [0.3, 0.4) is 0 Å². The molecule has 0 saturated carbocycles. The Morgan fingerprint density at radius 3 is 2.76 bits per heavy atom. The zero-order chi connectivity index (χ0) is 20.4.